The Kier molecular flexibility index (Phi) is 4.18. The van der Waals surface area contributed by atoms with Crippen molar-refractivity contribution in [2.75, 3.05) is 14.2 Å². The first kappa shape index (κ1) is 15.0. The normalized spacial score (nSPS) is 10.6. The number of aromatic nitrogens is 5. The molecule has 3 aromatic rings. The molecule has 3 heterocycles. The van der Waals surface area contributed by atoms with E-state index in [1.165, 1.54) is 0 Å². The Hall–Kier alpha value is -2.96. The van der Waals surface area contributed by atoms with Gasteiger partial charge >= 0.3 is 0 Å². The lowest BCUT2D eigenvalue weighted by Gasteiger charge is -2.12. The summed E-state index contributed by atoms with van der Waals surface area (Å²) in [5.41, 5.74) is 1.51. The fourth-order valence-corrected chi connectivity index (χ4v) is 2.24. The monoisotopic (exact) mass is 311 g/mol. The molecule has 0 bridgehead atoms. The molecule has 0 aliphatic carbocycles. The minimum Gasteiger partial charge on any atom is -0.481 e. The van der Waals surface area contributed by atoms with E-state index in [2.05, 4.69) is 19.9 Å². The van der Waals surface area contributed by atoms with Crippen LogP contribution in [0.15, 0.2) is 36.8 Å². The van der Waals surface area contributed by atoms with Gasteiger partial charge in [-0.3, -0.25) is 4.57 Å². The zero-order chi connectivity index (χ0) is 16.2. The van der Waals surface area contributed by atoms with E-state index in [4.69, 9.17) is 9.47 Å². The topological polar surface area (TPSA) is 75.0 Å². The number of pyridine rings is 1. The highest BCUT2D eigenvalue weighted by Crippen LogP contribution is 2.27. The maximum atomic E-state index is 5.37. The Morgan fingerprint density at radius 1 is 1.00 bits per heavy atom. The van der Waals surface area contributed by atoms with Crippen molar-refractivity contribution in [3.63, 3.8) is 0 Å². The lowest BCUT2D eigenvalue weighted by atomic mass is 10.3. The van der Waals surface area contributed by atoms with Crippen LogP contribution in [0.3, 0.4) is 0 Å². The maximum Gasteiger partial charge on any atom is 0.241 e. The van der Waals surface area contributed by atoms with Gasteiger partial charge in [0.15, 0.2) is 5.82 Å². The van der Waals surface area contributed by atoms with Crippen LogP contribution in [0.4, 0.5) is 0 Å². The highest BCUT2D eigenvalue weighted by Gasteiger charge is 2.15. The number of rotatable bonds is 5. The van der Waals surface area contributed by atoms with Crippen LogP contribution in [0.5, 0.6) is 11.8 Å². The molecule has 0 N–H and O–H groups in total. The molecule has 0 amide bonds. The van der Waals surface area contributed by atoms with Crippen molar-refractivity contribution in [2.24, 2.45) is 0 Å². The molecule has 3 aromatic heterocycles. The third-order valence-electron chi connectivity index (χ3n) is 3.37. The highest BCUT2D eigenvalue weighted by molar-refractivity contribution is 5.56. The van der Waals surface area contributed by atoms with Gasteiger partial charge in [0, 0.05) is 31.1 Å². The van der Waals surface area contributed by atoms with Gasteiger partial charge in [0.2, 0.25) is 11.8 Å². The average molecular weight is 311 g/mol. The van der Waals surface area contributed by atoms with Gasteiger partial charge in [-0.2, -0.15) is 4.98 Å². The molecule has 3 rings (SSSR count). The number of methoxy groups -OCH3 is 2. The minimum atomic E-state index is 0.452. The van der Waals surface area contributed by atoms with Crippen LogP contribution in [-0.4, -0.2) is 38.7 Å². The summed E-state index contributed by atoms with van der Waals surface area (Å²) in [5.74, 6) is 2.42. The Labute approximate surface area is 134 Å². The number of aryl methyl sites for hydroxylation is 1. The minimum absolute atomic E-state index is 0.452. The van der Waals surface area contributed by atoms with E-state index >= 15 is 0 Å². The number of imidazole rings is 1. The SMILES string of the molecule is CCc1nccc(-c2nccn2-c2ccc(OC)nc2OC)n1. The quantitative estimate of drug-likeness (QED) is 0.720. The van der Waals surface area contributed by atoms with Crippen LogP contribution in [0.2, 0.25) is 0 Å². The van der Waals surface area contributed by atoms with Crippen LogP contribution >= 0.6 is 0 Å². The van der Waals surface area contributed by atoms with Crippen molar-refractivity contribution < 1.29 is 9.47 Å². The lowest BCUT2D eigenvalue weighted by molar-refractivity contribution is 0.363. The molecule has 0 aromatic carbocycles. The highest BCUT2D eigenvalue weighted by atomic mass is 16.5. The summed E-state index contributed by atoms with van der Waals surface area (Å²) in [6.07, 6.45) is 6.06. The number of nitrogens with zero attached hydrogens (tertiary/aromatic N) is 5. The zero-order valence-corrected chi connectivity index (χ0v) is 13.2. The van der Waals surface area contributed by atoms with Crippen molar-refractivity contribution in [3.05, 3.63) is 42.6 Å². The van der Waals surface area contributed by atoms with Gasteiger partial charge in [0.1, 0.15) is 17.2 Å². The van der Waals surface area contributed by atoms with Crippen molar-refractivity contribution >= 4 is 0 Å². The zero-order valence-electron chi connectivity index (χ0n) is 13.2. The first-order valence-electron chi connectivity index (χ1n) is 7.21. The first-order chi connectivity index (χ1) is 11.3. The number of ether oxygens (including phenoxy) is 2. The molecule has 0 unspecified atom stereocenters. The molecule has 0 saturated carbocycles. The van der Waals surface area contributed by atoms with Crippen molar-refractivity contribution in [2.45, 2.75) is 13.3 Å². The van der Waals surface area contributed by atoms with Gasteiger partial charge < -0.3 is 9.47 Å². The van der Waals surface area contributed by atoms with Crippen molar-refractivity contribution in [3.8, 4) is 29.0 Å². The summed E-state index contributed by atoms with van der Waals surface area (Å²) in [5, 5.41) is 0. The molecule has 118 valence electrons. The van der Waals surface area contributed by atoms with Gasteiger partial charge in [-0.25, -0.2) is 15.0 Å². The first-order valence-corrected chi connectivity index (χ1v) is 7.21. The van der Waals surface area contributed by atoms with Gasteiger partial charge in [-0.1, -0.05) is 6.92 Å². The van der Waals surface area contributed by atoms with E-state index in [0.29, 0.717) is 17.6 Å². The van der Waals surface area contributed by atoms with E-state index in [1.54, 1.807) is 32.7 Å². The van der Waals surface area contributed by atoms with E-state index < -0.39 is 0 Å². The van der Waals surface area contributed by atoms with Crippen molar-refractivity contribution in [1.29, 1.82) is 0 Å². The fourth-order valence-electron chi connectivity index (χ4n) is 2.24. The van der Waals surface area contributed by atoms with Crippen molar-refractivity contribution in [1.82, 2.24) is 24.5 Å². The largest absolute Gasteiger partial charge is 0.481 e. The molecular formula is C16H17N5O2. The third-order valence-corrected chi connectivity index (χ3v) is 3.37. The average Bonchev–Trinajstić information content (AvgIpc) is 3.10. The van der Waals surface area contributed by atoms with E-state index in [-0.39, 0.29) is 0 Å². The Morgan fingerprint density at radius 3 is 2.61 bits per heavy atom. The van der Waals surface area contributed by atoms with Crippen LogP contribution in [0, 0.1) is 0 Å². The molecule has 23 heavy (non-hydrogen) atoms. The number of hydrogen-bond donors (Lipinski definition) is 0. The standard InChI is InChI=1S/C16H17N5O2/c1-4-13-17-8-7-11(19-13)15-18-9-10-21(15)12-5-6-14(22-2)20-16(12)23-3/h5-10H,4H2,1-3H3. The second-order valence-corrected chi connectivity index (χ2v) is 4.71. The predicted octanol–water partition coefficient (Wildman–Crippen LogP) is 2.30. The summed E-state index contributed by atoms with van der Waals surface area (Å²) >= 11 is 0. The van der Waals surface area contributed by atoms with Gasteiger partial charge in [0.05, 0.1) is 14.2 Å². The molecule has 7 nitrogen and oxygen atoms in total. The summed E-state index contributed by atoms with van der Waals surface area (Å²) in [6.45, 7) is 2.02. The second kappa shape index (κ2) is 6.43. The van der Waals surface area contributed by atoms with Crippen LogP contribution < -0.4 is 9.47 Å². The predicted molar refractivity (Wildman–Crippen MR) is 84.9 cm³/mol. The van der Waals surface area contributed by atoms with Crippen LogP contribution in [0.25, 0.3) is 17.2 Å². The Bertz CT molecular complexity index is 816. The molecule has 7 heteroatoms. The smallest absolute Gasteiger partial charge is 0.241 e. The molecule has 0 spiro atoms. The second-order valence-electron chi connectivity index (χ2n) is 4.71. The Balaban J connectivity index is 2.11. The summed E-state index contributed by atoms with van der Waals surface area (Å²) in [6, 6.07) is 5.48. The van der Waals surface area contributed by atoms with Crippen LogP contribution in [-0.2, 0) is 6.42 Å². The molecule has 0 atom stereocenters. The molecule has 0 fully saturated rings. The van der Waals surface area contributed by atoms with E-state index in [9.17, 15) is 0 Å². The third kappa shape index (κ3) is 2.85. The summed E-state index contributed by atoms with van der Waals surface area (Å²) in [4.78, 5) is 17.5. The molecular weight excluding hydrogens is 294 g/mol. The van der Waals surface area contributed by atoms with Gasteiger partial charge in [-0.05, 0) is 12.1 Å². The molecule has 0 radical (unpaired) electrons. The molecule has 0 saturated heterocycles. The Morgan fingerprint density at radius 2 is 1.87 bits per heavy atom. The van der Waals surface area contributed by atoms with E-state index in [0.717, 1.165) is 23.6 Å². The fraction of sp³-hybridized carbons (Fsp3) is 0.250. The molecule has 0 aliphatic rings. The van der Waals surface area contributed by atoms with Gasteiger partial charge in [-0.15, -0.1) is 0 Å². The van der Waals surface area contributed by atoms with Gasteiger partial charge in [0.25, 0.3) is 0 Å². The van der Waals surface area contributed by atoms with E-state index in [1.807, 2.05) is 29.8 Å². The lowest BCUT2D eigenvalue weighted by Crippen LogP contribution is -2.04. The molecule has 0 aliphatic heterocycles. The summed E-state index contributed by atoms with van der Waals surface area (Å²) < 4.78 is 12.4. The maximum absolute atomic E-state index is 5.37. The number of hydrogen-bond acceptors (Lipinski definition) is 6. The van der Waals surface area contributed by atoms with Crippen LogP contribution in [0.1, 0.15) is 12.7 Å². The summed E-state index contributed by atoms with van der Waals surface area (Å²) in [7, 11) is 3.14.